The zero-order chi connectivity index (χ0) is 19.0. The maximum Gasteiger partial charge on any atom is 0.0918 e. The fourth-order valence-electron chi connectivity index (χ4n) is 6.04. The molecule has 0 heterocycles. The van der Waals surface area contributed by atoms with Crippen molar-refractivity contribution in [3.63, 3.8) is 0 Å². The van der Waals surface area contributed by atoms with Crippen LogP contribution >= 0.6 is 0 Å². The SMILES string of the molecule is CC(C)(C)[N+](C(C)(C)C)(C(C)(C)C)C(C)(C)C.[O-][Cl+3]([O-])([O-])[O-]. The van der Waals surface area contributed by atoms with Crippen molar-refractivity contribution in [3.8, 4) is 0 Å². The number of halogens is 1. The fourth-order valence-corrected chi connectivity index (χ4v) is 6.04. The van der Waals surface area contributed by atoms with Gasteiger partial charge in [-0.2, -0.15) is 0 Å². The molecule has 0 amide bonds. The lowest BCUT2D eigenvalue weighted by Crippen LogP contribution is -2.82. The van der Waals surface area contributed by atoms with Gasteiger partial charge >= 0.3 is 0 Å². The van der Waals surface area contributed by atoms with E-state index < -0.39 is 10.2 Å². The molecule has 0 aliphatic heterocycles. The van der Waals surface area contributed by atoms with Crippen LogP contribution in [0, 0.1) is 10.2 Å². The lowest BCUT2D eigenvalue weighted by Gasteiger charge is -2.70. The van der Waals surface area contributed by atoms with E-state index in [-0.39, 0.29) is 22.2 Å². The Bertz CT molecular complexity index is 281. The molecule has 6 heteroatoms. The highest BCUT2D eigenvalue weighted by Crippen LogP contribution is 2.50. The maximum absolute atomic E-state index is 8.49. The molecular weight excluding hydrogens is 306 g/mol. The summed E-state index contributed by atoms with van der Waals surface area (Å²) < 4.78 is 35.1. The van der Waals surface area contributed by atoms with Gasteiger partial charge in [-0.15, -0.1) is 10.2 Å². The summed E-state index contributed by atoms with van der Waals surface area (Å²) in [7, 11) is -4.94. The largest absolute Gasteiger partial charge is 0.307 e. The van der Waals surface area contributed by atoms with Crippen LogP contribution in [0.3, 0.4) is 0 Å². The minimum Gasteiger partial charge on any atom is -0.307 e. The van der Waals surface area contributed by atoms with Gasteiger partial charge in [0, 0.05) is 0 Å². The zero-order valence-corrected chi connectivity index (χ0v) is 17.2. The Labute approximate surface area is 139 Å². The maximum atomic E-state index is 8.49. The standard InChI is InChI=1S/C16H36N.ClHO4/c1-13(2,3)17(14(4,5)6,15(7,8)9)16(10,11)12;2-1(3,4)5/h1-12H3;(H,2,3,4,5)/q+1;/p-1. The molecule has 0 aliphatic rings. The minimum absolute atomic E-state index is 0.203. The molecule has 0 saturated carbocycles. The predicted molar refractivity (Wildman–Crippen MR) is 79.3 cm³/mol. The molecule has 0 bridgehead atoms. The first kappa shape index (κ1) is 24.3. The van der Waals surface area contributed by atoms with Gasteiger partial charge in [0.2, 0.25) is 0 Å². The Balaban J connectivity index is 0. The van der Waals surface area contributed by atoms with E-state index >= 15 is 0 Å². The first-order chi connectivity index (χ1) is 9.00. The van der Waals surface area contributed by atoms with Crippen molar-refractivity contribution in [2.24, 2.45) is 0 Å². The third-order valence-corrected chi connectivity index (χ3v) is 4.02. The van der Waals surface area contributed by atoms with Gasteiger partial charge in [-0.1, -0.05) is 0 Å². The molecule has 0 N–H and O–H groups in total. The topological polar surface area (TPSA) is 92.2 Å². The van der Waals surface area contributed by atoms with Crippen LogP contribution in [0.4, 0.5) is 0 Å². The number of quaternary nitrogens is 1. The lowest BCUT2D eigenvalue weighted by molar-refractivity contribution is -2.00. The van der Waals surface area contributed by atoms with E-state index in [0.29, 0.717) is 0 Å². The van der Waals surface area contributed by atoms with Crippen LogP contribution < -0.4 is 18.6 Å². The molecule has 0 radical (unpaired) electrons. The Morgan fingerprint density at radius 2 is 0.545 bits per heavy atom. The highest BCUT2D eigenvalue weighted by Gasteiger charge is 2.62. The monoisotopic (exact) mass is 341 g/mol. The predicted octanol–water partition coefficient (Wildman–Crippen LogP) is 0.241. The third kappa shape index (κ3) is 5.62. The van der Waals surface area contributed by atoms with Gasteiger partial charge in [-0.05, 0) is 83.1 Å². The van der Waals surface area contributed by atoms with E-state index in [1.807, 2.05) is 0 Å². The van der Waals surface area contributed by atoms with E-state index in [9.17, 15) is 0 Å². The van der Waals surface area contributed by atoms with Crippen molar-refractivity contribution in [3.05, 3.63) is 0 Å². The minimum atomic E-state index is -4.94. The Kier molecular flexibility index (Phi) is 7.23. The van der Waals surface area contributed by atoms with Crippen molar-refractivity contribution < 1.29 is 33.4 Å². The first-order valence-electron chi connectivity index (χ1n) is 7.51. The molecule has 0 atom stereocenters. The molecule has 5 nitrogen and oxygen atoms in total. The van der Waals surface area contributed by atoms with E-state index in [1.54, 1.807) is 0 Å². The number of hydrogen-bond acceptors (Lipinski definition) is 4. The molecule has 136 valence electrons. The second kappa shape index (κ2) is 6.54. The zero-order valence-electron chi connectivity index (χ0n) is 16.5. The van der Waals surface area contributed by atoms with Crippen molar-refractivity contribution >= 4 is 0 Å². The number of nitrogens with zero attached hydrogens (tertiary/aromatic N) is 1. The molecule has 0 aliphatic carbocycles. The second-order valence-electron chi connectivity index (χ2n) is 9.73. The van der Waals surface area contributed by atoms with Crippen LogP contribution in [-0.2, 0) is 0 Å². The Morgan fingerprint density at radius 1 is 0.455 bits per heavy atom. The average molecular weight is 342 g/mol. The van der Waals surface area contributed by atoms with Crippen LogP contribution in [0.25, 0.3) is 0 Å². The normalized spacial score (nSPS) is 15.3. The van der Waals surface area contributed by atoms with Gasteiger partial charge in [0.15, 0.2) is 0 Å². The van der Waals surface area contributed by atoms with Crippen LogP contribution in [0.15, 0.2) is 0 Å². The van der Waals surface area contributed by atoms with Crippen molar-refractivity contribution in [1.82, 2.24) is 0 Å². The van der Waals surface area contributed by atoms with E-state index in [1.165, 1.54) is 0 Å². The Morgan fingerprint density at radius 3 is 0.545 bits per heavy atom. The summed E-state index contributed by atoms with van der Waals surface area (Å²) in [6.07, 6.45) is 0. The van der Waals surface area contributed by atoms with E-state index in [0.717, 1.165) is 4.48 Å². The molecule has 0 aromatic rings. The van der Waals surface area contributed by atoms with Crippen molar-refractivity contribution in [1.29, 1.82) is 0 Å². The summed E-state index contributed by atoms with van der Waals surface area (Å²) in [5.41, 5.74) is 0.812. The van der Waals surface area contributed by atoms with Crippen LogP contribution in [0.1, 0.15) is 83.1 Å². The van der Waals surface area contributed by atoms with Gasteiger partial charge in [0.1, 0.15) is 0 Å². The summed E-state index contributed by atoms with van der Waals surface area (Å²) in [6, 6.07) is 0. The van der Waals surface area contributed by atoms with Crippen LogP contribution in [0.5, 0.6) is 0 Å². The van der Waals surface area contributed by atoms with Crippen molar-refractivity contribution in [2.75, 3.05) is 0 Å². The summed E-state index contributed by atoms with van der Waals surface area (Å²) in [5.74, 6) is 0. The van der Waals surface area contributed by atoms with Crippen molar-refractivity contribution in [2.45, 2.75) is 105 Å². The van der Waals surface area contributed by atoms with Gasteiger partial charge < -0.3 is 4.48 Å². The molecular formula is C16H36ClNO4. The van der Waals surface area contributed by atoms with E-state index in [4.69, 9.17) is 18.6 Å². The van der Waals surface area contributed by atoms with Crippen LogP contribution in [0.2, 0.25) is 0 Å². The lowest BCUT2D eigenvalue weighted by atomic mass is 9.75. The molecule has 0 aromatic carbocycles. The molecule has 0 unspecified atom stereocenters. The summed E-state index contributed by atoms with van der Waals surface area (Å²) in [4.78, 5) is 0. The van der Waals surface area contributed by atoms with Crippen LogP contribution in [-0.4, -0.2) is 26.6 Å². The molecule has 0 spiro atoms. The van der Waals surface area contributed by atoms with Gasteiger partial charge in [0.05, 0.1) is 22.2 Å². The quantitative estimate of drug-likeness (QED) is 0.590. The smallest absolute Gasteiger partial charge is 0.0918 e. The third-order valence-electron chi connectivity index (χ3n) is 4.02. The van der Waals surface area contributed by atoms with E-state index in [2.05, 4.69) is 83.1 Å². The molecule has 0 saturated heterocycles. The molecule has 0 aromatic heterocycles. The number of rotatable bonds is 0. The van der Waals surface area contributed by atoms with Gasteiger partial charge in [0.25, 0.3) is 0 Å². The van der Waals surface area contributed by atoms with Gasteiger partial charge in [-0.25, -0.2) is 18.6 Å². The summed E-state index contributed by atoms with van der Waals surface area (Å²) in [6.45, 7) is 28.6. The molecule has 0 fully saturated rings. The Hall–Kier alpha value is 0.0900. The summed E-state index contributed by atoms with van der Waals surface area (Å²) >= 11 is 0. The molecule has 0 rings (SSSR count). The average Bonchev–Trinajstić information content (AvgIpc) is 1.83. The van der Waals surface area contributed by atoms with Gasteiger partial charge in [-0.3, -0.25) is 0 Å². The fraction of sp³-hybridized carbons (Fsp3) is 1.00. The first-order valence-corrected chi connectivity index (χ1v) is 8.75. The number of hydrogen-bond donors (Lipinski definition) is 0. The second-order valence-corrected chi connectivity index (χ2v) is 10.5. The highest BCUT2D eigenvalue weighted by atomic mass is 35.7. The highest BCUT2D eigenvalue weighted by molar-refractivity contribution is 4.88. The molecule has 22 heavy (non-hydrogen) atoms. The summed E-state index contributed by atoms with van der Waals surface area (Å²) in [5, 5.41) is 0.